The molecular weight excluding hydrogens is 261 g/mol. The Bertz CT molecular complexity index is 552. The number of aryl methyl sites for hydroxylation is 1. The minimum atomic E-state index is -4.32. The molecule has 0 saturated heterocycles. The van der Waals surface area contributed by atoms with E-state index in [4.69, 9.17) is 4.42 Å². The van der Waals surface area contributed by atoms with Crippen molar-refractivity contribution in [2.45, 2.75) is 19.7 Å². The predicted molar refractivity (Wildman–Crippen MR) is 60.2 cm³/mol. The van der Waals surface area contributed by atoms with Crippen LogP contribution >= 0.6 is 0 Å². The monoisotopic (exact) mass is 272 g/mol. The van der Waals surface area contributed by atoms with Crippen LogP contribution in [0.3, 0.4) is 0 Å². The van der Waals surface area contributed by atoms with Gasteiger partial charge in [-0.05, 0) is 17.7 Å². The van der Waals surface area contributed by atoms with E-state index in [1.165, 1.54) is 0 Å². The van der Waals surface area contributed by atoms with Crippen LogP contribution in [0.25, 0.3) is 11.5 Å². The van der Waals surface area contributed by atoms with E-state index in [0.29, 0.717) is 22.9 Å². The van der Waals surface area contributed by atoms with Crippen LogP contribution in [0.1, 0.15) is 11.5 Å². The molecule has 2 aromatic rings. The molecule has 0 unspecified atom stereocenters. The van der Waals surface area contributed by atoms with Gasteiger partial charge in [0.25, 0.3) is 0 Å². The minimum absolute atomic E-state index is 0.125. The van der Waals surface area contributed by atoms with Crippen LogP contribution in [0.2, 0.25) is 0 Å². The molecule has 0 saturated carbocycles. The zero-order valence-electron chi connectivity index (χ0n) is 10.1. The Hall–Kier alpha value is -1.89. The maximum Gasteiger partial charge on any atom is 0.411 e. The maximum absolute atomic E-state index is 11.9. The molecular formula is C12H11F3N2O2. The second-order valence-electron chi connectivity index (χ2n) is 3.93. The molecule has 1 aromatic heterocycles. The number of ether oxygens (including phenoxy) is 1. The van der Waals surface area contributed by atoms with Gasteiger partial charge in [0.05, 0.1) is 6.61 Å². The number of aromatic nitrogens is 2. The van der Waals surface area contributed by atoms with Crippen LogP contribution in [0, 0.1) is 6.92 Å². The first kappa shape index (κ1) is 13.5. The summed E-state index contributed by atoms with van der Waals surface area (Å²) >= 11 is 0. The highest BCUT2D eigenvalue weighted by Gasteiger charge is 2.27. The average molecular weight is 272 g/mol. The number of halogens is 3. The summed E-state index contributed by atoms with van der Waals surface area (Å²) in [6, 6.07) is 6.76. The Morgan fingerprint density at radius 3 is 2.68 bits per heavy atom. The Morgan fingerprint density at radius 2 is 2.05 bits per heavy atom. The lowest BCUT2D eigenvalue weighted by Gasteiger charge is -2.07. The lowest BCUT2D eigenvalue weighted by atomic mass is 10.1. The third kappa shape index (κ3) is 4.06. The predicted octanol–water partition coefficient (Wildman–Crippen LogP) is 3.12. The van der Waals surface area contributed by atoms with Gasteiger partial charge in [0, 0.05) is 12.5 Å². The van der Waals surface area contributed by atoms with Gasteiger partial charge in [0.1, 0.15) is 6.61 Å². The van der Waals surface area contributed by atoms with Gasteiger partial charge in [0.2, 0.25) is 11.8 Å². The standard InChI is InChI=1S/C12H11F3N2O2/c1-8-16-17-11(19-8)10-4-2-3-9(5-10)6-18-7-12(13,14)15/h2-5H,6-7H2,1H3. The van der Waals surface area contributed by atoms with Crippen molar-refractivity contribution in [1.29, 1.82) is 0 Å². The highest BCUT2D eigenvalue weighted by Crippen LogP contribution is 2.20. The third-order valence-corrected chi connectivity index (χ3v) is 2.23. The van der Waals surface area contributed by atoms with Crippen LogP contribution in [0.15, 0.2) is 28.7 Å². The van der Waals surface area contributed by atoms with Crippen molar-refractivity contribution in [1.82, 2.24) is 10.2 Å². The van der Waals surface area contributed by atoms with Gasteiger partial charge < -0.3 is 9.15 Å². The highest BCUT2D eigenvalue weighted by atomic mass is 19.4. The molecule has 1 heterocycles. The molecule has 0 amide bonds. The normalized spacial score (nSPS) is 11.8. The SMILES string of the molecule is Cc1nnc(-c2cccc(COCC(F)(F)F)c2)o1. The molecule has 102 valence electrons. The summed E-state index contributed by atoms with van der Waals surface area (Å²) in [5.74, 6) is 0.754. The fraction of sp³-hybridized carbons (Fsp3) is 0.333. The topological polar surface area (TPSA) is 48.2 Å². The van der Waals surface area contributed by atoms with Crippen LogP contribution < -0.4 is 0 Å². The first-order valence-corrected chi connectivity index (χ1v) is 5.48. The molecule has 0 aliphatic rings. The molecule has 2 rings (SSSR count). The van der Waals surface area contributed by atoms with E-state index < -0.39 is 12.8 Å². The van der Waals surface area contributed by atoms with E-state index in [0.717, 1.165) is 0 Å². The second-order valence-corrected chi connectivity index (χ2v) is 3.93. The minimum Gasteiger partial charge on any atom is -0.421 e. The number of hydrogen-bond donors (Lipinski definition) is 0. The molecule has 0 radical (unpaired) electrons. The van der Waals surface area contributed by atoms with Crippen molar-refractivity contribution in [2.75, 3.05) is 6.61 Å². The van der Waals surface area contributed by atoms with Crippen LogP contribution in [-0.4, -0.2) is 23.0 Å². The van der Waals surface area contributed by atoms with Crippen molar-refractivity contribution < 1.29 is 22.3 Å². The van der Waals surface area contributed by atoms with Gasteiger partial charge in [-0.2, -0.15) is 13.2 Å². The van der Waals surface area contributed by atoms with Gasteiger partial charge in [-0.1, -0.05) is 12.1 Å². The second kappa shape index (κ2) is 5.40. The summed E-state index contributed by atoms with van der Waals surface area (Å²) in [5.41, 5.74) is 1.26. The molecule has 19 heavy (non-hydrogen) atoms. The summed E-state index contributed by atoms with van der Waals surface area (Å²) in [7, 11) is 0. The largest absolute Gasteiger partial charge is 0.421 e. The van der Waals surface area contributed by atoms with Crippen molar-refractivity contribution in [3.8, 4) is 11.5 Å². The van der Waals surface area contributed by atoms with Crippen LogP contribution in [0.5, 0.6) is 0 Å². The van der Waals surface area contributed by atoms with Gasteiger partial charge in [-0.3, -0.25) is 0 Å². The molecule has 0 fully saturated rings. The summed E-state index contributed by atoms with van der Waals surface area (Å²) in [4.78, 5) is 0. The molecule has 0 aliphatic heterocycles. The zero-order chi connectivity index (χ0) is 13.9. The van der Waals surface area contributed by atoms with Crippen molar-refractivity contribution in [3.05, 3.63) is 35.7 Å². The van der Waals surface area contributed by atoms with Crippen molar-refractivity contribution >= 4 is 0 Å². The lowest BCUT2D eigenvalue weighted by molar-refractivity contribution is -0.176. The Kier molecular flexibility index (Phi) is 3.84. The molecule has 7 heteroatoms. The molecule has 1 aromatic carbocycles. The molecule has 0 spiro atoms. The highest BCUT2D eigenvalue weighted by molar-refractivity contribution is 5.53. The van der Waals surface area contributed by atoms with Crippen molar-refractivity contribution in [2.24, 2.45) is 0 Å². The van der Waals surface area contributed by atoms with Crippen LogP contribution in [-0.2, 0) is 11.3 Å². The summed E-state index contributed by atoms with van der Waals surface area (Å²) < 4.78 is 45.7. The van der Waals surface area contributed by atoms with E-state index >= 15 is 0 Å². The summed E-state index contributed by atoms with van der Waals surface area (Å²) in [6.07, 6.45) is -4.32. The molecule has 0 bridgehead atoms. The smallest absolute Gasteiger partial charge is 0.411 e. The fourth-order valence-corrected chi connectivity index (χ4v) is 1.49. The van der Waals surface area contributed by atoms with E-state index in [2.05, 4.69) is 14.9 Å². The molecule has 0 aliphatic carbocycles. The Balaban J connectivity index is 2.03. The van der Waals surface area contributed by atoms with Crippen molar-refractivity contribution in [3.63, 3.8) is 0 Å². The average Bonchev–Trinajstić information content (AvgIpc) is 2.75. The quantitative estimate of drug-likeness (QED) is 0.858. The Labute approximate surface area is 107 Å². The maximum atomic E-state index is 11.9. The first-order valence-electron chi connectivity index (χ1n) is 5.48. The van der Waals surface area contributed by atoms with E-state index in [1.54, 1.807) is 31.2 Å². The first-order chi connectivity index (χ1) is 8.94. The molecule has 0 atom stereocenters. The zero-order valence-corrected chi connectivity index (χ0v) is 10.1. The summed E-state index contributed by atoms with van der Waals surface area (Å²) in [6.45, 7) is 0.268. The molecule has 4 nitrogen and oxygen atoms in total. The number of nitrogens with zero attached hydrogens (tertiary/aromatic N) is 2. The van der Waals surface area contributed by atoms with Gasteiger partial charge in [-0.25, -0.2) is 0 Å². The third-order valence-electron chi connectivity index (χ3n) is 2.23. The van der Waals surface area contributed by atoms with Gasteiger partial charge in [-0.15, -0.1) is 10.2 Å². The number of alkyl halides is 3. The lowest BCUT2D eigenvalue weighted by Crippen LogP contribution is -2.16. The Morgan fingerprint density at radius 1 is 1.26 bits per heavy atom. The van der Waals surface area contributed by atoms with E-state index in [9.17, 15) is 13.2 Å². The van der Waals surface area contributed by atoms with E-state index in [-0.39, 0.29) is 6.61 Å². The van der Waals surface area contributed by atoms with Crippen LogP contribution in [0.4, 0.5) is 13.2 Å². The summed E-state index contributed by atoms with van der Waals surface area (Å²) in [5, 5.41) is 7.53. The molecule has 0 N–H and O–H groups in total. The van der Waals surface area contributed by atoms with E-state index in [1.807, 2.05) is 0 Å². The van der Waals surface area contributed by atoms with Gasteiger partial charge in [0.15, 0.2) is 0 Å². The number of benzene rings is 1. The van der Waals surface area contributed by atoms with Gasteiger partial charge >= 0.3 is 6.18 Å². The number of rotatable bonds is 4. The fourth-order valence-electron chi connectivity index (χ4n) is 1.49. The number of hydrogen-bond acceptors (Lipinski definition) is 4.